The van der Waals surface area contributed by atoms with Crippen LogP contribution in [0.25, 0.3) is 11.0 Å². The van der Waals surface area contributed by atoms with Gasteiger partial charge in [-0.1, -0.05) is 11.6 Å². The second-order valence-corrected chi connectivity index (χ2v) is 7.51. The summed E-state index contributed by atoms with van der Waals surface area (Å²) < 4.78 is 38.9. The standard InChI is InChI=1S/C19H19ClF3N5/c1-11-10-28(12(2)9-27(11)17-14(20)4-3-7-24-17)18-25-15-6-5-13(19(21,22)23)8-16(15)26-18/h3-8,11-12H,9-10H2,1-2H3,(H,25,26). The number of hydrogen-bond acceptors (Lipinski definition) is 4. The predicted molar refractivity (Wildman–Crippen MR) is 104 cm³/mol. The summed E-state index contributed by atoms with van der Waals surface area (Å²) in [7, 11) is 0. The lowest BCUT2D eigenvalue weighted by Crippen LogP contribution is -2.57. The van der Waals surface area contributed by atoms with Gasteiger partial charge in [0.05, 0.1) is 21.6 Å². The van der Waals surface area contributed by atoms with Crippen LogP contribution in [-0.2, 0) is 6.18 Å². The van der Waals surface area contributed by atoms with E-state index < -0.39 is 11.7 Å². The Balaban J connectivity index is 1.61. The fraction of sp³-hybridized carbons (Fsp3) is 0.368. The van der Waals surface area contributed by atoms with Gasteiger partial charge in [0.1, 0.15) is 5.82 Å². The summed E-state index contributed by atoms with van der Waals surface area (Å²) in [4.78, 5) is 16.2. The highest BCUT2D eigenvalue weighted by Gasteiger charge is 2.33. The Morgan fingerprint density at radius 3 is 2.54 bits per heavy atom. The monoisotopic (exact) mass is 409 g/mol. The third-order valence-electron chi connectivity index (χ3n) is 5.07. The molecule has 1 aliphatic heterocycles. The molecule has 2 aromatic heterocycles. The Morgan fingerprint density at radius 2 is 1.82 bits per heavy atom. The van der Waals surface area contributed by atoms with Gasteiger partial charge in [-0.15, -0.1) is 0 Å². The molecule has 1 aromatic carbocycles. The Labute approximate surface area is 165 Å². The van der Waals surface area contributed by atoms with Crippen LogP contribution in [0, 0.1) is 0 Å². The maximum atomic E-state index is 13.0. The van der Waals surface area contributed by atoms with Crippen molar-refractivity contribution < 1.29 is 13.2 Å². The van der Waals surface area contributed by atoms with E-state index in [1.165, 1.54) is 6.07 Å². The molecule has 1 fully saturated rings. The fourth-order valence-electron chi connectivity index (χ4n) is 3.61. The van der Waals surface area contributed by atoms with Crippen LogP contribution in [0.2, 0.25) is 5.02 Å². The Hall–Kier alpha value is -2.48. The minimum atomic E-state index is -4.38. The number of halogens is 4. The van der Waals surface area contributed by atoms with E-state index in [9.17, 15) is 13.2 Å². The average Bonchev–Trinajstić information content (AvgIpc) is 3.06. The molecule has 0 amide bonds. The zero-order chi connectivity index (χ0) is 20.1. The summed E-state index contributed by atoms with van der Waals surface area (Å²) >= 11 is 6.30. The highest BCUT2D eigenvalue weighted by Crippen LogP contribution is 2.33. The lowest BCUT2D eigenvalue weighted by Gasteiger charge is -2.44. The quantitative estimate of drug-likeness (QED) is 0.664. The van der Waals surface area contributed by atoms with Gasteiger partial charge in [0, 0.05) is 31.4 Å². The molecule has 0 saturated carbocycles. The number of pyridine rings is 1. The number of alkyl halides is 3. The molecule has 2 atom stereocenters. The van der Waals surface area contributed by atoms with Crippen LogP contribution in [0.5, 0.6) is 0 Å². The molecule has 1 aliphatic rings. The molecule has 3 aromatic rings. The van der Waals surface area contributed by atoms with Gasteiger partial charge >= 0.3 is 6.18 Å². The van der Waals surface area contributed by atoms with Crippen molar-refractivity contribution in [1.29, 1.82) is 0 Å². The van der Waals surface area contributed by atoms with Gasteiger partial charge in [-0.2, -0.15) is 13.2 Å². The molecule has 0 spiro atoms. The highest BCUT2D eigenvalue weighted by molar-refractivity contribution is 6.32. The zero-order valence-corrected chi connectivity index (χ0v) is 16.1. The lowest BCUT2D eigenvalue weighted by atomic mass is 10.1. The number of imidazole rings is 1. The van der Waals surface area contributed by atoms with E-state index >= 15 is 0 Å². The normalized spacial score (nSPS) is 20.8. The number of piperazine rings is 1. The van der Waals surface area contributed by atoms with E-state index in [1.54, 1.807) is 12.3 Å². The minimum absolute atomic E-state index is 0.0666. The molecule has 4 rings (SSSR count). The number of nitrogens with zero attached hydrogens (tertiary/aromatic N) is 4. The van der Waals surface area contributed by atoms with Crippen LogP contribution in [-0.4, -0.2) is 40.1 Å². The van der Waals surface area contributed by atoms with Gasteiger partial charge in [-0.3, -0.25) is 0 Å². The minimum Gasteiger partial charge on any atom is -0.349 e. The van der Waals surface area contributed by atoms with Crippen molar-refractivity contribution in [2.24, 2.45) is 0 Å². The van der Waals surface area contributed by atoms with Crippen molar-refractivity contribution in [3.8, 4) is 0 Å². The molecule has 0 bridgehead atoms. The van der Waals surface area contributed by atoms with E-state index in [2.05, 4.69) is 31.7 Å². The molecule has 148 valence electrons. The van der Waals surface area contributed by atoms with E-state index in [0.29, 0.717) is 35.1 Å². The molecule has 5 nitrogen and oxygen atoms in total. The van der Waals surface area contributed by atoms with E-state index in [1.807, 2.05) is 13.0 Å². The molecule has 1 N–H and O–H groups in total. The van der Waals surface area contributed by atoms with Gasteiger partial charge in [0.15, 0.2) is 0 Å². The summed E-state index contributed by atoms with van der Waals surface area (Å²) in [6.45, 7) is 5.42. The summed E-state index contributed by atoms with van der Waals surface area (Å²) in [5, 5.41) is 0.596. The van der Waals surface area contributed by atoms with Crippen molar-refractivity contribution in [1.82, 2.24) is 15.0 Å². The predicted octanol–water partition coefficient (Wildman–Crippen LogP) is 4.73. The number of aromatic nitrogens is 3. The number of aromatic amines is 1. The van der Waals surface area contributed by atoms with Crippen molar-refractivity contribution in [3.63, 3.8) is 0 Å². The first-order chi connectivity index (χ1) is 13.2. The largest absolute Gasteiger partial charge is 0.416 e. The van der Waals surface area contributed by atoms with Gasteiger partial charge < -0.3 is 14.8 Å². The molecule has 0 aliphatic carbocycles. The van der Waals surface area contributed by atoms with Crippen molar-refractivity contribution in [3.05, 3.63) is 47.1 Å². The van der Waals surface area contributed by atoms with Crippen molar-refractivity contribution in [2.45, 2.75) is 32.1 Å². The number of rotatable bonds is 2. The third kappa shape index (κ3) is 3.37. The SMILES string of the molecule is CC1CN(c2ncccc2Cl)C(C)CN1c1nc2ccc(C(F)(F)F)cc2[nH]1. The van der Waals surface area contributed by atoms with Crippen molar-refractivity contribution >= 4 is 34.4 Å². The third-order valence-corrected chi connectivity index (χ3v) is 5.36. The molecule has 3 heterocycles. The lowest BCUT2D eigenvalue weighted by molar-refractivity contribution is -0.137. The molecule has 0 radical (unpaired) electrons. The smallest absolute Gasteiger partial charge is 0.349 e. The Morgan fingerprint density at radius 1 is 1.11 bits per heavy atom. The van der Waals surface area contributed by atoms with Crippen LogP contribution in [0.3, 0.4) is 0 Å². The summed E-state index contributed by atoms with van der Waals surface area (Å²) in [6.07, 6.45) is -2.67. The summed E-state index contributed by atoms with van der Waals surface area (Å²) in [5.74, 6) is 1.31. The van der Waals surface area contributed by atoms with E-state index in [0.717, 1.165) is 18.0 Å². The number of fused-ring (bicyclic) bond motifs is 1. The maximum Gasteiger partial charge on any atom is 0.416 e. The summed E-state index contributed by atoms with van der Waals surface area (Å²) in [6, 6.07) is 7.32. The van der Waals surface area contributed by atoms with Crippen LogP contribution in [0.1, 0.15) is 19.4 Å². The highest BCUT2D eigenvalue weighted by atomic mass is 35.5. The first-order valence-corrected chi connectivity index (χ1v) is 9.32. The van der Waals surface area contributed by atoms with Gasteiger partial charge in [-0.25, -0.2) is 9.97 Å². The van der Waals surface area contributed by atoms with Crippen LogP contribution >= 0.6 is 11.6 Å². The second-order valence-electron chi connectivity index (χ2n) is 7.10. The van der Waals surface area contributed by atoms with E-state index in [4.69, 9.17) is 11.6 Å². The first-order valence-electron chi connectivity index (χ1n) is 8.95. The average molecular weight is 410 g/mol. The molecule has 2 unspecified atom stereocenters. The van der Waals surface area contributed by atoms with Gasteiger partial charge in [0.2, 0.25) is 5.95 Å². The van der Waals surface area contributed by atoms with Crippen molar-refractivity contribution in [2.75, 3.05) is 22.9 Å². The molecule has 28 heavy (non-hydrogen) atoms. The molecular formula is C19H19ClF3N5. The van der Waals surface area contributed by atoms with Gasteiger partial charge in [0.25, 0.3) is 0 Å². The molecular weight excluding hydrogens is 391 g/mol. The van der Waals surface area contributed by atoms with Crippen LogP contribution in [0.15, 0.2) is 36.5 Å². The Kier molecular flexibility index (Phi) is 4.61. The zero-order valence-electron chi connectivity index (χ0n) is 15.3. The maximum absolute atomic E-state index is 13.0. The molecule has 1 saturated heterocycles. The number of anilines is 2. The van der Waals surface area contributed by atoms with E-state index in [-0.39, 0.29) is 12.1 Å². The number of hydrogen-bond donors (Lipinski definition) is 1. The number of H-pyrrole nitrogens is 1. The van der Waals surface area contributed by atoms with Crippen LogP contribution < -0.4 is 9.80 Å². The molecule has 9 heteroatoms. The first kappa shape index (κ1) is 18.9. The summed E-state index contributed by atoms with van der Waals surface area (Å²) in [5.41, 5.74) is 0.198. The number of benzene rings is 1. The second kappa shape index (κ2) is 6.84. The van der Waals surface area contributed by atoms with Gasteiger partial charge in [-0.05, 0) is 44.2 Å². The fourth-order valence-corrected chi connectivity index (χ4v) is 3.84. The van der Waals surface area contributed by atoms with Crippen LogP contribution in [0.4, 0.5) is 24.9 Å². The topological polar surface area (TPSA) is 48.1 Å². The Bertz CT molecular complexity index is 1000. The number of nitrogens with one attached hydrogen (secondary N) is 1.